The van der Waals surface area contributed by atoms with E-state index >= 15 is 0 Å². The first-order valence-electron chi connectivity index (χ1n) is 9.02. The van der Waals surface area contributed by atoms with E-state index in [1.807, 2.05) is 5.38 Å². The third kappa shape index (κ3) is 4.93. The second-order valence-electron chi connectivity index (χ2n) is 6.59. The van der Waals surface area contributed by atoms with Gasteiger partial charge >= 0.3 is 0 Å². The van der Waals surface area contributed by atoms with Crippen LogP contribution in [0.25, 0.3) is 0 Å². The summed E-state index contributed by atoms with van der Waals surface area (Å²) >= 11 is 1.35. The summed E-state index contributed by atoms with van der Waals surface area (Å²) in [7, 11) is -0.690. The molecule has 2 N–H and O–H groups in total. The molecule has 2 aromatic carbocycles. The maximum Gasteiger partial charge on any atom is 0.265 e. The number of sulfonamides is 1. The Morgan fingerprint density at radius 3 is 2.27 bits per heavy atom. The molecule has 3 rings (SSSR count). The number of thiophene rings is 1. The fourth-order valence-corrected chi connectivity index (χ4v) is 4.42. The van der Waals surface area contributed by atoms with Crippen LogP contribution in [-0.2, 0) is 16.6 Å². The fraction of sp³-hybridized carbons (Fsp3) is 0.143. The van der Waals surface area contributed by atoms with E-state index in [9.17, 15) is 18.0 Å². The van der Waals surface area contributed by atoms with Crippen molar-refractivity contribution in [1.82, 2.24) is 9.62 Å². The van der Waals surface area contributed by atoms with Crippen LogP contribution in [0.4, 0.5) is 5.69 Å². The van der Waals surface area contributed by atoms with Crippen molar-refractivity contribution in [2.45, 2.75) is 11.4 Å². The Kier molecular flexibility index (Phi) is 6.66. The van der Waals surface area contributed by atoms with Gasteiger partial charge in [-0.1, -0.05) is 24.3 Å². The van der Waals surface area contributed by atoms with Gasteiger partial charge in [-0.05, 0) is 47.3 Å². The third-order valence-electron chi connectivity index (χ3n) is 4.32. The van der Waals surface area contributed by atoms with Gasteiger partial charge in [0.05, 0.1) is 9.77 Å². The Hall–Kier alpha value is -3.01. The number of hydrogen-bond donors (Lipinski definition) is 2. The summed E-state index contributed by atoms with van der Waals surface area (Å²) in [4.78, 5) is 25.3. The smallest absolute Gasteiger partial charge is 0.265 e. The van der Waals surface area contributed by atoms with Crippen molar-refractivity contribution in [2.24, 2.45) is 0 Å². The minimum absolute atomic E-state index is 0.0684. The molecule has 0 radical (unpaired) electrons. The van der Waals surface area contributed by atoms with Gasteiger partial charge in [-0.3, -0.25) is 9.59 Å². The molecule has 30 heavy (non-hydrogen) atoms. The highest BCUT2D eigenvalue weighted by Crippen LogP contribution is 2.19. The first-order valence-corrected chi connectivity index (χ1v) is 11.3. The molecule has 9 heteroatoms. The van der Waals surface area contributed by atoms with Crippen molar-refractivity contribution in [3.05, 3.63) is 82.0 Å². The van der Waals surface area contributed by atoms with Crippen LogP contribution in [0, 0.1) is 0 Å². The normalized spacial score (nSPS) is 11.3. The first-order chi connectivity index (χ1) is 14.3. The van der Waals surface area contributed by atoms with Crippen LogP contribution in [0.5, 0.6) is 0 Å². The molecule has 0 saturated carbocycles. The Bertz CT molecular complexity index is 1140. The van der Waals surface area contributed by atoms with E-state index in [4.69, 9.17) is 0 Å². The van der Waals surface area contributed by atoms with E-state index in [2.05, 4.69) is 10.6 Å². The number of rotatable bonds is 7. The molecule has 0 saturated heterocycles. The number of amides is 2. The highest BCUT2D eigenvalue weighted by molar-refractivity contribution is 7.89. The predicted octanol–water partition coefficient (Wildman–Crippen LogP) is 3.18. The van der Waals surface area contributed by atoms with Crippen molar-refractivity contribution in [2.75, 3.05) is 19.4 Å². The minimum Gasteiger partial charge on any atom is -0.348 e. The maximum absolute atomic E-state index is 12.5. The zero-order valence-electron chi connectivity index (χ0n) is 16.5. The highest BCUT2D eigenvalue weighted by atomic mass is 32.2. The predicted molar refractivity (Wildman–Crippen MR) is 117 cm³/mol. The lowest BCUT2D eigenvalue weighted by Gasteiger charge is -2.15. The number of carbonyl (C=O) groups excluding carboxylic acids is 2. The number of benzene rings is 2. The lowest BCUT2D eigenvalue weighted by atomic mass is 10.1. The molecule has 156 valence electrons. The number of nitrogens with one attached hydrogen (secondary N) is 2. The summed E-state index contributed by atoms with van der Waals surface area (Å²) in [6, 6.07) is 16.6. The summed E-state index contributed by atoms with van der Waals surface area (Å²) in [6.45, 7) is 0.0684. The SMILES string of the molecule is CN(C)S(=O)(=O)c1ccccc1CNC(=O)c1ccc(NC(=O)c2cccs2)cc1. The molecule has 1 heterocycles. The summed E-state index contributed by atoms with van der Waals surface area (Å²) in [5.41, 5.74) is 1.48. The average molecular weight is 444 g/mol. The zero-order valence-corrected chi connectivity index (χ0v) is 18.1. The van der Waals surface area contributed by atoms with Crippen LogP contribution in [0.1, 0.15) is 25.6 Å². The van der Waals surface area contributed by atoms with Gasteiger partial charge in [0.15, 0.2) is 0 Å². The van der Waals surface area contributed by atoms with Crippen molar-refractivity contribution < 1.29 is 18.0 Å². The average Bonchev–Trinajstić information content (AvgIpc) is 3.28. The molecule has 0 fully saturated rings. The molecule has 0 unspecified atom stereocenters. The van der Waals surface area contributed by atoms with Crippen LogP contribution in [0.15, 0.2) is 70.9 Å². The molecular weight excluding hydrogens is 422 g/mol. The molecule has 1 aromatic heterocycles. The molecule has 0 aliphatic rings. The van der Waals surface area contributed by atoms with E-state index in [1.165, 1.54) is 31.5 Å². The minimum atomic E-state index is -3.61. The van der Waals surface area contributed by atoms with Gasteiger partial charge in [-0.25, -0.2) is 12.7 Å². The number of carbonyl (C=O) groups is 2. The second kappa shape index (κ2) is 9.21. The van der Waals surface area contributed by atoms with Crippen molar-refractivity contribution >= 4 is 38.9 Å². The van der Waals surface area contributed by atoms with E-state index in [1.54, 1.807) is 54.6 Å². The topological polar surface area (TPSA) is 95.6 Å². The number of hydrogen-bond acceptors (Lipinski definition) is 5. The van der Waals surface area contributed by atoms with E-state index in [0.717, 1.165) is 4.31 Å². The van der Waals surface area contributed by atoms with Gasteiger partial charge in [0.2, 0.25) is 10.0 Å². The zero-order chi connectivity index (χ0) is 21.7. The first kappa shape index (κ1) is 21.7. The summed E-state index contributed by atoms with van der Waals surface area (Å²) < 4.78 is 26.1. The molecular formula is C21H21N3O4S2. The van der Waals surface area contributed by atoms with Gasteiger partial charge < -0.3 is 10.6 Å². The number of anilines is 1. The molecule has 2 amide bonds. The molecule has 0 bridgehead atoms. The molecule has 7 nitrogen and oxygen atoms in total. The standard InChI is InChI=1S/C21H21N3O4S2/c1-24(2)30(27,28)19-8-4-3-6-16(19)14-22-20(25)15-9-11-17(12-10-15)23-21(26)18-7-5-13-29-18/h3-13H,14H2,1-2H3,(H,22,25)(H,23,26). The van der Waals surface area contributed by atoms with Crippen LogP contribution < -0.4 is 10.6 Å². The van der Waals surface area contributed by atoms with Gasteiger partial charge in [0.25, 0.3) is 11.8 Å². The fourth-order valence-electron chi connectivity index (χ4n) is 2.68. The van der Waals surface area contributed by atoms with Gasteiger partial charge in [-0.15, -0.1) is 11.3 Å². The highest BCUT2D eigenvalue weighted by Gasteiger charge is 2.21. The molecule has 0 aliphatic carbocycles. The van der Waals surface area contributed by atoms with E-state index < -0.39 is 10.0 Å². The summed E-state index contributed by atoms with van der Waals surface area (Å²) in [5, 5.41) is 7.34. The molecule has 0 spiro atoms. The maximum atomic E-state index is 12.5. The van der Waals surface area contributed by atoms with Gasteiger partial charge in [-0.2, -0.15) is 0 Å². The van der Waals surface area contributed by atoms with Crippen LogP contribution >= 0.6 is 11.3 Å². The Morgan fingerprint density at radius 2 is 1.63 bits per heavy atom. The Labute approximate surface area is 179 Å². The third-order valence-corrected chi connectivity index (χ3v) is 7.10. The monoisotopic (exact) mass is 443 g/mol. The lowest BCUT2D eigenvalue weighted by Crippen LogP contribution is -2.27. The van der Waals surface area contributed by atoms with Crippen LogP contribution in [-0.4, -0.2) is 38.6 Å². The van der Waals surface area contributed by atoms with Crippen molar-refractivity contribution in [1.29, 1.82) is 0 Å². The Morgan fingerprint density at radius 1 is 0.933 bits per heavy atom. The molecule has 0 aliphatic heterocycles. The second-order valence-corrected chi connectivity index (χ2v) is 9.65. The molecule has 0 atom stereocenters. The summed E-state index contributed by atoms with van der Waals surface area (Å²) in [6.07, 6.45) is 0. The number of nitrogens with zero attached hydrogens (tertiary/aromatic N) is 1. The summed E-state index contributed by atoms with van der Waals surface area (Å²) in [5.74, 6) is -0.552. The van der Waals surface area contributed by atoms with Gasteiger partial charge in [0.1, 0.15) is 0 Å². The van der Waals surface area contributed by atoms with Crippen molar-refractivity contribution in [3.8, 4) is 0 Å². The lowest BCUT2D eigenvalue weighted by molar-refractivity contribution is 0.0950. The van der Waals surface area contributed by atoms with Crippen molar-refractivity contribution in [3.63, 3.8) is 0 Å². The van der Waals surface area contributed by atoms with Crippen LogP contribution in [0.3, 0.4) is 0 Å². The largest absolute Gasteiger partial charge is 0.348 e. The van der Waals surface area contributed by atoms with Crippen LogP contribution in [0.2, 0.25) is 0 Å². The van der Waals surface area contributed by atoms with Gasteiger partial charge in [0, 0.05) is 31.9 Å². The van der Waals surface area contributed by atoms with E-state index in [0.29, 0.717) is 21.7 Å². The Balaban J connectivity index is 1.66. The quantitative estimate of drug-likeness (QED) is 0.586. The van der Waals surface area contributed by atoms with E-state index in [-0.39, 0.29) is 23.3 Å². The molecule has 3 aromatic rings.